The SMILES string of the molecule is CCCCCCCCCC1(CCCCCCCCC)O[C@@H]2[C@H](O1)[C@@H](CO)O[C@H]2n1ccc(=O)[nH]c1=O. The number of ether oxygens (including phenoxy) is 3. The highest BCUT2D eigenvalue weighted by atomic mass is 16.8. The van der Waals surface area contributed by atoms with Crippen LogP contribution in [0.2, 0.25) is 0 Å². The predicted octanol–water partition coefficient (Wildman–Crippen LogP) is 5.19. The van der Waals surface area contributed by atoms with Crippen molar-refractivity contribution in [3.8, 4) is 0 Å². The van der Waals surface area contributed by atoms with Gasteiger partial charge in [-0.15, -0.1) is 0 Å². The van der Waals surface area contributed by atoms with Gasteiger partial charge in [-0.2, -0.15) is 0 Å². The number of aliphatic hydroxyl groups is 1. The van der Waals surface area contributed by atoms with Gasteiger partial charge in [0.2, 0.25) is 0 Å². The van der Waals surface area contributed by atoms with Crippen molar-refractivity contribution < 1.29 is 19.3 Å². The molecule has 0 amide bonds. The zero-order chi connectivity index (χ0) is 25.8. The largest absolute Gasteiger partial charge is 0.394 e. The molecule has 0 aromatic carbocycles. The van der Waals surface area contributed by atoms with E-state index in [1.54, 1.807) is 0 Å². The van der Waals surface area contributed by atoms with E-state index in [1.165, 1.54) is 81.0 Å². The maximum atomic E-state index is 12.5. The second-order valence-electron chi connectivity index (χ2n) is 10.6. The highest BCUT2D eigenvalue weighted by Crippen LogP contribution is 2.46. The van der Waals surface area contributed by atoms with Gasteiger partial charge in [0, 0.05) is 25.1 Å². The predicted molar refractivity (Wildman–Crippen MR) is 140 cm³/mol. The van der Waals surface area contributed by atoms with E-state index < -0.39 is 41.6 Å². The van der Waals surface area contributed by atoms with Gasteiger partial charge in [0.1, 0.15) is 18.3 Å². The van der Waals surface area contributed by atoms with Crippen molar-refractivity contribution in [2.75, 3.05) is 6.61 Å². The van der Waals surface area contributed by atoms with Crippen LogP contribution in [-0.4, -0.2) is 45.4 Å². The van der Waals surface area contributed by atoms with Crippen LogP contribution >= 0.6 is 0 Å². The number of aromatic amines is 1. The quantitative estimate of drug-likeness (QED) is 0.265. The summed E-state index contributed by atoms with van der Waals surface area (Å²) >= 11 is 0. The molecule has 0 bridgehead atoms. The first-order valence-electron chi connectivity index (χ1n) is 14.5. The van der Waals surface area contributed by atoms with Crippen molar-refractivity contribution in [3.63, 3.8) is 0 Å². The first-order chi connectivity index (χ1) is 17.5. The molecule has 0 unspecified atom stereocenters. The first kappa shape index (κ1) is 29.1. The fraction of sp³-hybridized carbons (Fsp3) is 0.857. The molecular formula is C28H48N2O6. The van der Waals surface area contributed by atoms with Crippen LogP contribution in [0, 0.1) is 0 Å². The Morgan fingerprint density at radius 1 is 0.833 bits per heavy atom. The van der Waals surface area contributed by atoms with Crippen molar-refractivity contribution in [3.05, 3.63) is 33.1 Å². The van der Waals surface area contributed by atoms with E-state index in [0.717, 1.165) is 38.5 Å². The Morgan fingerprint density at radius 3 is 1.89 bits per heavy atom. The number of fused-ring (bicyclic) bond motifs is 1. The van der Waals surface area contributed by atoms with Gasteiger partial charge in [0.25, 0.3) is 5.56 Å². The molecule has 8 heteroatoms. The lowest BCUT2D eigenvalue weighted by Gasteiger charge is -2.31. The lowest BCUT2D eigenvalue weighted by molar-refractivity contribution is -0.228. The molecule has 0 spiro atoms. The van der Waals surface area contributed by atoms with E-state index in [-0.39, 0.29) is 6.61 Å². The Bertz CT molecular complexity index is 850. The molecule has 1 aromatic rings. The number of aromatic nitrogens is 2. The van der Waals surface area contributed by atoms with Crippen LogP contribution < -0.4 is 11.2 Å². The summed E-state index contributed by atoms with van der Waals surface area (Å²) in [5.41, 5.74) is -1.01. The summed E-state index contributed by atoms with van der Waals surface area (Å²) in [6, 6.07) is 1.30. The van der Waals surface area contributed by atoms with Crippen molar-refractivity contribution in [2.45, 2.75) is 147 Å². The van der Waals surface area contributed by atoms with Gasteiger partial charge in [0.05, 0.1) is 6.61 Å². The Labute approximate surface area is 215 Å². The van der Waals surface area contributed by atoms with E-state index in [4.69, 9.17) is 14.2 Å². The molecule has 2 saturated heterocycles. The Kier molecular flexibility index (Phi) is 12.2. The minimum absolute atomic E-state index is 0.218. The molecule has 36 heavy (non-hydrogen) atoms. The number of nitrogens with zero attached hydrogens (tertiary/aromatic N) is 1. The third-order valence-corrected chi connectivity index (χ3v) is 7.61. The highest BCUT2D eigenvalue weighted by Gasteiger charge is 2.58. The second kappa shape index (κ2) is 15.1. The molecule has 2 fully saturated rings. The van der Waals surface area contributed by atoms with Crippen LogP contribution in [0.25, 0.3) is 0 Å². The summed E-state index contributed by atoms with van der Waals surface area (Å²) < 4.78 is 20.5. The molecule has 0 radical (unpaired) electrons. The fourth-order valence-corrected chi connectivity index (χ4v) is 5.56. The molecular weight excluding hydrogens is 460 g/mol. The lowest BCUT2D eigenvalue weighted by atomic mass is 9.98. The van der Waals surface area contributed by atoms with Crippen LogP contribution in [0.3, 0.4) is 0 Å². The van der Waals surface area contributed by atoms with Crippen LogP contribution in [-0.2, 0) is 14.2 Å². The number of aliphatic hydroxyl groups excluding tert-OH is 1. The topological polar surface area (TPSA) is 103 Å². The number of H-pyrrole nitrogens is 1. The summed E-state index contributed by atoms with van der Waals surface area (Å²) in [4.78, 5) is 26.3. The summed E-state index contributed by atoms with van der Waals surface area (Å²) in [6.45, 7) is 4.25. The molecule has 2 aliphatic rings. The lowest BCUT2D eigenvalue weighted by Crippen LogP contribution is -2.38. The average molecular weight is 509 g/mol. The van der Waals surface area contributed by atoms with Crippen LogP contribution in [0.5, 0.6) is 0 Å². The van der Waals surface area contributed by atoms with Gasteiger partial charge in [0.15, 0.2) is 12.0 Å². The minimum atomic E-state index is -0.749. The second-order valence-corrected chi connectivity index (χ2v) is 10.6. The summed E-state index contributed by atoms with van der Waals surface area (Å²) in [6.07, 6.45) is 17.7. The fourth-order valence-electron chi connectivity index (χ4n) is 5.56. The number of rotatable bonds is 18. The number of nitrogens with one attached hydrogen (secondary N) is 1. The summed E-state index contributed by atoms with van der Waals surface area (Å²) in [5, 5.41) is 9.99. The van der Waals surface area contributed by atoms with Crippen LogP contribution in [0.4, 0.5) is 0 Å². The van der Waals surface area contributed by atoms with E-state index >= 15 is 0 Å². The van der Waals surface area contributed by atoms with Crippen molar-refractivity contribution in [2.24, 2.45) is 0 Å². The van der Waals surface area contributed by atoms with Gasteiger partial charge in [-0.25, -0.2) is 4.79 Å². The standard InChI is InChI=1S/C28H48N2O6/c1-3-5-7-9-11-13-15-18-28(19-16-14-12-10-8-6-4-2)35-24-22(21-31)34-26(25(24)36-28)30-20-17-23(32)29-27(30)33/h17,20,22,24-26,31H,3-16,18-19,21H2,1-2H3,(H,29,32,33)/t22-,24-,25-,26-/m1/s1. The van der Waals surface area contributed by atoms with Gasteiger partial charge >= 0.3 is 5.69 Å². The Balaban J connectivity index is 1.65. The average Bonchev–Trinajstić information content (AvgIpc) is 3.39. The number of hydrogen-bond acceptors (Lipinski definition) is 6. The highest BCUT2D eigenvalue weighted by molar-refractivity contribution is 5.00. The van der Waals surface area contributed by atoms with Gasteiger partial charge in [-0.3, -0.25) is 14.3 Å². The summed E-state index contributed by atoms with van der Waals surface area (Å²) in [5.74, 6) is -0.719. The number of unbranched alkanes of at least 4 members (excludes halogenated alkanes) is 12. The van der Waals surface area contributed by atoms with E-state index in [9.17, 15) is 14.7 Å². The van der Waals surface area contributed by atoms with Crippen molar-refractivity contribution in [1.29, 1.82) is 0 Å². The van der Waals surface area contributed by atoms with Gasteiger partial charge in [-0.1, -0.05) is 90.9 Å². The van der Waals surface area contributed by atoms with Crippen LogP contribution in [0.1, 0.15) is 123 Å². The zero-order valence-electron chi connectivity index (χ0n) is 22.4. The summed E-state index contributed by atoms with van der Waals surface area (Å²) in [7, 11) is 0. The minimum Gasteiger partial charge on any atom is -0.394 e. The van der Waals surface area contributed by atoms with Crippen LogP contribution in [0.15, 0.2) is 21.9 Å². The van der Waals surface area contributed by atoms with E-state index in [2.05, 4.69) is 18.8 Å². The monoisotopic (exact) mass is 508 g/mol. The molecule has 4 atom stereocenters. The Hall–Kier alpha value is -1.48. The van der Waals surface area contributed by atoms with Crippen molar-refractivity contribution >= 4 is 0 Å². The zero-order valence-corrected chi connectivity index (χ0v) is 22.4. The molecule has 2 aliphatic heterocycles. The third-order valence-electron chi connectivity index (χ3n) is 7.61. The molecule has 0 saturated carbocycles. The van der Waals surface area contributed by atoms with Crippen molar-refractivity contribution in [1.82, 2.24) is 9.55 Å². The normalized spacial score (nSPS) is 24.9. The van der Waals surface area contributed by atoms with Gasteiger partial charge in [-0.05, 0) is 12.8 Å². The van der Waals surface area contributed by atoms with E-state index in [0.29, 0.717) is 0 Å². The molecule has 206 valence electrons. The maximum absolute atomic E-state index is 12.5. The Morgan fingerprint density at radius 2 is 1.36 bits per heavy atom. The maximum Gasteiger partial charge on any atom is 0.330 e. The molecule has 3 rings (SSSR count). The van der Waals surface area contributed by atoms with Gasteiger partial charge < -0.3 is 19.3 Å². The first-order valence-corrected chi connectivity index (χ1v) is 14.5. The molecule has 1 aromatic heterocycles. The smallest absolute Gasteiger partial charge is 0.330 e. The number of hydrogen-bond donors (Lipinski definition) is 2. The molecule has 3 heterocycles. The molecule has 8 nitrogen and oxygen atoms in total. The van der Waals surface area contributed by atoms with E-state index in [1.807, 2.05) is 0 Å². The third kappa shape index (κ3) is 8.01. The molecule has 2 N–H and O–H groups in total. The molecule has 0 aliphatic carbocycles.